The predicted octanol–water partition coefficient (Wildman–Crippen LogP) is 4.15. The largest absolute Gasteiger partial charge is 0.487 e. The van der Waals surface area contributed by atoms with Crippen LogP contribution in [0.15, 0.2) is 54.6 Å². The summed E-state index contributed by atoms with van der Waals surface area (Å²) in [6, 6.07) is 18.7. The highest BCUT2D eigenvalue weighted by Crippen LogP contribution is 2.47. The molecule has 2 aliphatic rings. The van der Waals surface area contributed by atoms with Gasteiger partial charge in [-0.05, 0) is 37.3 Å². The molecule has 4 rings (SSSR count). The summed E-state index contributed by atoms with van der Waals surface area (Å²) in [6.45, 7) is 0.0938. The van der Waals surface area contributed by atoms with Gasteiger partial charge in [-0.2, -0.15) is 0 Å². The minimum atomic E-state index is -0.0548. The fourth-order valence-corrected chi connectivity index (χ4v) is 4.28. The van der Waals surface area contributed by atoms with Crippen molar-refractivity contribution < 1.29 is 9.84 Å². The second kappa shape index (κ2) is 6.58. The van der Waals surface area contributed by atoms with E-state index >= 15 is 0 Å². The van der Waals surface area contributed by atoms with Gasteiger partial charge in [0.2, 0.25) is 0 Å². The van der Waals surface area contributed by atoms with E-state index in [-0.39, 0.29) is 24.3 Å². The molecule has 1 spiro atoms. The van der Waals surface area contributed by atoms with E-state index in [0.29, 0.717) is 0 Å². The Morgan fingerprint density at radius 1 is 1.04 bits per heavy atom. The molecule has 0 bridgehead atoms. The van der Waals surface area contributed by atoms with Gasteiger partial charge < -0.3 is 15.2 Å². The van der Waals surface area contributed by atoms with Crippen LogP contribution in [0, 0.1) is 0 Å². The van der Waals surface area contributed by atoms with Crippen LogP contribution in [0.4, 0.5) is 0 Å². The van der Waals surface area contributed by atoms with Crippen LogP contribution in [0.3, 0.4) is 0 Å². The second-order valence-corrected chi connectivity index (χ2v) is 7.10. The zero-order valence-corrected chi connectivity index (χ0v) is 13.9. The van der Waals surface area contributed by atoms with Crippen LogP contribution in [-0.2, 0) is 0 Å². The summed E-state index contributed by atoms with van der Waals surface area (Å²) >= 11 is 0. The number of aliphatic hydroxyl groups excluding tert-OH is 1. The topological polar surface area (TPSA) is 41.5 Å². The Kier molecular flexibility index (Phi) is 4.30. The zero-order chi connectivity index (χ0) is 16.4. The number of ether oxygens (including phenoxy) is 1. The Labute approximate surface area is 143 Å². The first-order valence-corrected chi connectivity index (χ1v) is 8.99. The van der Waals surface area contributed by atoms with Crippen molar-refractivity contribution in [1.82, 2.24) is 5.32 Å². The van der Waals surface area contributed by atoms with Crippen LogP contribution in [0.2, 0.25) is 0 Å². The van der Waals surface area contributed by atoms with E-state index < -0.39 is 0 Å². The number of nitrogens with one attached hydrogen (secondary N) is 1. The normalized spacial score (nSPS) is 22.8. The molecule has 1 aliphatic carbocycles. The molecule has 3 heteroatoms. The van der Waals surface area contributed by atoms with Gasteiger partial charge in [0.1, 0.15) is 11.4 Å². The van der Waals surface area contributed by atoms with Crippen LogP contribution in [0.1, 0.15) is 55.3 Å². The SMILES string of the molecule is OCC(NC1CC2(CCCC2)Oc2ccccc21)c1ccccc1. The molecule has 0 radical (unpaired) electrons. The van der Waals surface area contributed by atoms with Crippen molar-refractivity contribution in [3.05, 3.63) is 65.7 Å². The van der Waals surface area contributed by atoms with Gasteiger partial charge in [-0.25, -0.2) is 0 Å². The lowest BCUT2D eigenvalue weighted by atomic mass is 9.85. The first kappa shape index (κ1) is 15.7. The molecule has 3 nitrogen and oxygen atoms in total. The van der Waals surface area contributed by atoms with E-state index in [2.05, 4.69) is 35.6 Å². The fourth-order valence-electron chi connectivity index (χ4n) is 4.28. The van der Waals surface area contributed by atoms with Crippen LogP contribution >= 0.6 is 0 Å². The highest BCUT2D eigenvalue weighted by Gasteiger charge is 2.43. The molecule has 0 amide bonds. The number of benzene rings is 2. The first-order valence-electron chi connectivity index (χ1n) is 8.99. The van der Waals surface area contributed by atoms with E-state index in [4.69, 9.17) is 4.74 Å². The maximum Gasteiger partial charge on any atom is 0.124 e. The highest BCUT2D eigenvalue weighted by atomic mass is 16.5. The molecule has 2 atom stereocenters. The third-order valence-electron chi connectivity index (χ3n) is 5.50. The van der Waals surface area contributed by atoms with Gasteiger partial charge in [0.25, 0.3) is 0 Å². The van der Waals surface area contributed by atoms with Gasteiger partial charge in [0.05, 0.1) is 12.6 Å². The maximum atomic E-state index is 9.92. The Morgan fingerprint density at radius 2 is 1.75 bits per heavy atom. The summed E-state index contributed by atoms with van der Waals surface area (Å²) in [5, 5.41) is 13.6. The number of fused-ring (bicyclic) bond motifs is 1. The summed E-state index contributed by atoms with van der Waals surface area (Å²) in [4.78, 5) is 0. The van der Waals surface area contributed by atoms with Gasteiger partial charge >= 0.3 is 0 Å². The van der Waals surface area contributed by atoms with Gasteiger partial charge in [-0.3, -0.25) is 0 Å². The molecule has 126 valence electrons. The van der Waals surface area contributed by atoms with Crippen molar-refractivity contribution in [3.8, 4) is 5.75 Å². The second-order valence-electron chi connectivity index (χ2n) is 7.10. The van der Waals surface area contributed by atoms with Crippen LogP contribution in [0.5, 0.6) is 5.75 Å². The van der Waals surface area contributed by atoms with Crippen LogP contribution in [0.25, 0.3) is 0 Å². The number of rotatable bonds is 4. The Hall–Kier alpha value is -1.84. The summed E-state index contributed by atoms with van der Waals surface area (Å²) < 4.78 is 6.43. The van der Waals surface area contributed by atoms with Crippen molar-refractivity contribution in [1.29, 1.82) is 0 Å². The molecule has 2 N–H and O–H groups in total. The third-order valence-corrected chi connectivity index (χ3v) is 5.50. The van der Waals surface area contributed by atoms with Crippen molar-refractivity contribution >= 4 is 0 Å². The standard InChI is InChI=1S/C21H25NO2/c23-15-19(16-8-2-1-3-9-16)22-18-14-21(12-6-7-13-21)24-20-11-5-4-10-17(18)20/h1-5,8-11,18-19,22-23H,6-7,12-15H2. The fraction of sp³-hybridized carbons (Fsp3) is 0.429. The summed E-state index contributed by atoms with van der Waals surface area (Å²) in [6.07, 6.45) is 5.74. The molecule has 2 aromatic carbocycles. The van der Waals surface area contributed by atoms with Crippen LogP contribution in [-0.4, -0.2) is 17.3 Å². The Bertz CT molecular complexity index is 679. The molecule has 1 fully saturated rings. The van der Waals surface area contributed by atoms with Gasteiger partial charge in [-0.1, -0.05) is 48.5 Å². The molecule has 2 unspecified atom stereocenters. The summed E-state index contributed by atoms with van der Waals surface area (Å²) in [7, 11) is 0. The average Bonchev–Trinajstić information content (AvgIpc) is 3.07. The van der Waals surface area contributed by atoms with Gasteiger partial charge in [0.15, 0.2) is 0 Å². The first-order chi connectivity index (χ1) is 11.8. The molecule has 24 heavy (non-hydrogen) atoms. The molecule has 1 saturated carbocycles. The monoisotopic (exact) mass is 323 g/mol. The molecule has 0 saturated heterocycles. The molecular formula is C21H25NO2. The van der Waals surface area contributed by atoms with Gasteiger partial charge in [-0.15, -0.1) is 0 Å². The minimum Gasteiger partial charge on any atom is -0.487 e. The minimum absolute atomic E-state index is 0.0251. The number of para-hydroxylation sites is 1. The van der Waals surface area contributed by atoms with E-state index in [1.807, 2.05) is 24.3 Å². The van der Waals surface area contributed by atoms with E-state index in [0.717, 1.165) is 30.6 Å². The predicted molar refractivity (Wildman–Crippen MR) is 95.0 cm³/mol. The van der Waals surface area contributed by atoms with E-state index in [1.54, 1.807) is 0 Å². The lowest BCUT2D eigenvalue weighted by molar-refractivity contribution is 0.0330. The number of hydrogen-bond donors (Lipinski definition) is 2. The molecule has 2 aromatic rings. The van der Waals surface area contributed by atoms with Gasteiger partial charge in [0, 0.05) is 18.0 Å². The molecular weight excluding hydrogens is 298 g/mol. The quantitative estimate of drug-likeness (QED) is 0.888. The molecule has 0 aromatic heterocycles. The van der Waals surface area contributed by atoms with Crippen molar-refractivity contribution in [2.45, 2.75) is 49.8 Å². The Balaban J connectivity index is 1.63. The van der Waals surface area contributed by atoms with Crippen molar-refractivity contribution in [3.63, 3.8) is 0 Å². The third kappa shape index (κ3) is 2.94. The lowest BCUT2D eigenvalue weighted by Gasteiger charge is -2.41. The zero-order valence-electron chi connectivity index (χ0n) is 13.9. The average molecular weight is 323 g/mol. The Morgan fingerprint density at radius 3 is 2.50 bits per heavy atom. The van der Waals surface area contributed by atoms with E-state index in [9.17, 15) is 5.11 Å². The van der Waals surface area contributed by atoms with Crippen molar-refractivity contribution in [2.24, 2.45) is 0 Å². The summed E-state index contributed by atoms with van der Waals surface area (Å²) in [5.74, 6) is 1.01. The number of aliphatic hydroxyl groups is 1. The van der Waals surface area contributed by atoms with Crippen LogP contribution < -0.4 is 10.1 Å². The molecule has 1 aliphatic heterocycles. The lowest BCUT2D eigenvalue weighted by Crippen LogP contribution is -2.43. The maximum absolute atomic E-state index is 9.92. The molecule has 1 heterocycles. The van der Waals surface area contributed by atoms with E-state index in [1.165, 1.54) is 18.4 Å². The number of hydrogen-bond acceptors (Lipinski definition) is 3. The highest BCUT2D eigenvalue weighted by molar-refractivity contribution is 5.39. The van der Waals surface area contributed by atoms with Crippen molar-refractivity contribution in [2.75, 3.05) is 6.61 Å². The smallest absolute Gasteiger partial charge is 0.124 e. The summed E-state index contributed by atoms with van der Waals surface area (Å²) in [5.41, 5.74) is 2.32.